The molecule has 0 bridgehead atoms. The molecule has 2 aromatic carbocycles. The molecule has 1 N–H and O–H groups in total. The Hall–Kier alpha value is -1.18. The number of aliphatic imine (C=N–C) groups is 1. The van der Waals surface area contributed by atoms with Gasteiger partial charge < -0.3 is 9.66 Å². The average molecular weight is 299 g/mol. The van der Waals surface area contributed by atoms with Crippen molar-refractivity contribution in [3.05, 3.63) is 54.1 Å². The number of benzene rings is 2. The van der Waals surface area contributed by atoms with Crippen LogP contribution in [0.1, 0.15) is 5.56 Å². The molecule has 98 valence electrons. The van der Waals surface area contributed by atoms with Crippen LogP contribution in [0, 0.1) is 0 Å². The number of rotatable bonds is 3. The van der Waals surface area contributed by atoms with Crippen molar-refractivity contribution in [1.29, 1.82) is 0 Å². The maximum absolute atomic E-state index is 10.7. The van der Waals surface area contributed by atoms with E-state index in [0.29, 0.717) is 11.3 Å². The third kappa shape index (κ3) is 4.43. The Kier molecular flexibility index (Phi) is 5.91. The van der Waals surface area contributed by atoms with Gasteiger partial charge in [0.25, 0.3) is 0 Å². The van der Waals surface area contributed by atoms with E-state index in [1.165, 1.54) is 36.5 Å². The molecule has 0 spiro atoms. The summed E-state index contributed by atoms with van der Waals surface area (Å²) in [5.74, 6) is 0.102. The summed E-state index contributed by atoms with van der Waals surface area (Å²) >= 11 is 0. The quantitative estimate of drug-likeness (QED) is 0.449. The number of phenols is 1. The van der Waals surface area contributed by atoms with Crippen LogP contribution in [0.2, 0.25) is 0 Å². The van der Waals surface area contributed by atoms with Gasteiger partial charge in [0, 0.05) is 11.8 Å². The zero-order valence-corrected chi connectivity index (χ0v) is 13.5. The summed E-state index contributed by atoms with van der Waals surface area (Å²) in [4.78, 5) is 3.78. The number of nitrogens with zero attached hydrogens (tertiary/aromatic N) is 1. The molecule has 5 nitrogen and oxygen atoms in total. The molecule has 2 rings (SSSR count). The third-order valence-electron chi connectivity index (χ3n) is 2.41. The molecule has 0 amide bonds. The summed E-state index contributed by atoms with van der Waals surface area (Å²) in [7, 11) is -4.44. The van der Waals surface area contributed by atoms with Gasteiger partial charge in [0.05, 0.1) is 10.6 Å². The van der Waals surface area contributed by atoms with E-state index < -0.39 is 10.1 Å². The Morgan fingerprint density at radius 2 is 1.65 bits per heavy atom. The van der Waals surface area contributed by atoms with Crippen molar-refractivity contribution in [2.45, 2.75) is 4.90 Å². The zero-order valence-electron chi connectivity index (χ0n) is 10.7. The van der Waals surface area contributed by atoms with Gasteiger partial charge in [0.2, 0.25) is 0 Å². The number of para-hydroxylation sites is 1. The summed E-state index contributed by atoms with van der Waals surface area (Å²) in [6.45, 7) is 0. The minimum absolute atomic E-state index is 0. The van der Waals surface area contributed by atoms with Crippen LogP contribution in [-0.4, -0.2) is 24.3 Å². The van der Waals surface area contributed by atoms with Crippen molar-refractivity contribution in [2.24, 2.45) is 4.99 Å². The fraction of sp³-hybridized carbons (Fsp3) is 0. The van der Waals surface area contributed by atoms with Gasteiger partial charge in [-0.15, -0.1) is 0 Å². The molecule has 0 heterocycles. The predicted octanol–water partition coefficient (Wildman–Crippen LogP) is -0.949. The Bertz CT molecular complexity index is 711. The van der Waals surface area contributed by atoms with Crippen LogP contribution < -0.4 is 29.6 Å². The Morgan fingerprint density at radius 1 is 1.05 bits per heavy atom. The standard InChI is InChI=1S/C13H11NO4S.Na/c15-13-4-2-1-3-10(13)9-14-11-5-7-12(8-6-11)19(16,17)18;/h1-9,15H,(H,16,17,18);/q;+1/p-1. The molecule has 0 saturated carbocycles. The molecule has 0 fully saturated rings. The molecule has 0 aliphatic rings. The Balaban J connectivity index is 0.00000200. The molecule has 0 aromatic heterocycles. The van der Waals surface area contributed by atoms with E-state index in [9.17, 15) is 18.1 Å². The van der Waals surface area contributed by atoms with Gasteiger partial charge in [-0.3, -0.25) is 4.99 Å². The molecule has 0 unspecified atom stereocenters. The van der Waals surface area contributed by atoms with Gasteiger partial charge in [-0.25, -0.2) is 8.42 Å². The molecule has 0 aliphatic carbocycles. The van der Waals surface area contributed by atoms with E-state index in [0.717, 1.165) is 0 Å². The van der Waals surface area contributed by atoms with Gasteiger partial charge >= 0.3 is 29.6 Å². The molecular formula is C13H10NNaO4S. The number of hydrogen-bond donors (Lipinski definition) is 1. The third-order valence-corrected chi connectivity index (χ3v) is 3.26. The first-order valence-electron chi connectivity index (χ1n) is 5.35. The second-order valence-corrected chi connectivity index (χ2v) is 5.14. The smallest absolute Gasteiger partial charge is 0.744 e. The molecule has 0 aliphatic heterocycles. The largest absolute Gasteiger partial charge is 1.00 e. The van der Waals surface area contributed by atoms with E-state index in [-0.39, 0.29) is 40.2 Å². The van der Waals surface area contributed by atoms with Crippen molar-refractivity contribution < 1.29 is 47.6 Å². The van der Waals surface area contributed by atoms with Crippen LogP contribution in [0.25, 0.3) is 0 Å². The molecule has 0 radical (unpaired) electrons. The molecule has 2 aromatic rings. The summed E-state index contributed by atoms with van der Waals surface area (Å²) in [5, 5.41) is 9.53. The van der Waals surface area contributed by atoms with E-state index in [1.807, 2.05) is 0 Å². The van der Waals surface area contributed by atoms with E-state index in [4.69, 9.17) is 0 Å². The minimum atomic E-state index is -4.44. The summed E-state index contributed by atoms with van der Waals surface area (Å²) in [5.41, 5.74) is 1.03. The van der Waals surface area contributed by atoms with E-state index >= 15 is 0 Å². The second-order valence-electron chi connectivity index (χ2n) is 3.77. The summed E-state index contributed by atoms with van der Waals surface area (Å²) in [6, 6.07) is 11.9. The Labute approximate surface area is 139 Å². The van der Waals surface area contributed by atoms with Crippen molar-refractivity contribution in [3.8, 4) is 5.75 Å². The number of hydrogen-bond acceptors (Lipinski definition) is 5. The van der Waals surface area contributed by atoms with Gasteiger partial charge in [-0.1, -0.05) is 12.1 Å². The van der Waals surface area contributed by atoms with Crippen LogP contribution in [0.5, 0.6) is 5.75 Å². The van der Waals surface area contributed by atoms with Crippen molar-refractivity contribution in [1.82, 2.24) is 0 Å². The number of phenolic OH excluding ortho intramolecular Hbond substituents is 1. The first kappa shape index (κ1) is 16.9. The number of aromatic hydroxyl groups is 1. The molecule has 0 atom stereocenters. The average Bonchev–Trinajstić information content (AvgIpc) is 2.37. The van der Waals surface area contributed by atoms with Crippen LogP contribution >= 0.6 is 0 Å². The maximum atomic E-state index is 10.7. The predicted molar refractivity (Wildman–Crippen MR) is 69.8 cm³/mol. The van der Waals surface area contributed by atoms with Crippen LogP contribution in [0.4, 0.5) is 5.69 Å². The fourth-order valence-corrected chi connectivity index (χ4v) is 1.91. The second kappa shape index (κ2) is 7.01. The normalized spacial score (nSPS) is 11.2. The van der Waals surface area contributed by atoms with Crippen molar-refractivity contribution in [3.63, 3.8) is 0 Å². The van der Waals surface area contributed by atoms with Gasteiger partial charge in [0.1, 0.15) is 15.9 Å². The molecule has 7 heteroatoms. The Morgan fingerprint density at radius 3 is 2.20 bits per heavy atom. The molecular weight excluding hydrogens is 289 g/mol. The van der Waals surface area contributed by atoms with Crippen molar-refractivity contribution in [2.75, 3.05) is 0 Å². The monoisotopic (exact) mass is 299 g/mol. The SMILES string of the molecule is O=S(=O)([O-])c1ccc(N=Cc2ccccc2O)cc1.[Na+]. The summed E-state index contributed by atoms with van der Waals surface area (Å²) in [6.07, 6.45) is 1.45. The first-order chi connectivity index (χ1) is 8.97. The van der Waals surface area contributed by atoms with Crippen LogP contribution in [0.15, 0.2) is 58.4 Å². The van der Waals surface area contributed by atoms with Crippen LogP contribution in [-0.2, 0) is 10.1 Å². The topological polar surface area (TPSA) is 89.8 Å². The van der Waals surface area contributed by atoms with Gasteiger partial charge in [-0.2, -0.15) is 0 Å². The van der Waals surface area contributed by atoms with Gasteiger partial charge in [-0.05, 0) is 36.4 Å². The summed E-state index contributed by atoms with van der Waals surface area (Å²) < 4.78 is 32.2. The minimum Gasteiger partial charge on any atom is -0.744 e. The molecule has 20 heavy (non-hydrogen) atoms. The first-order valence-corrected chi connectivity index (χ1v) is 6.76. The van der Waals surface area contributed by atoms with Gasteiger partial charge in [0.15, 0.2) is 0 Å². The fourth-order valence-electron chi connectivity index (χ4n) is 1.44. The van der Waals surface area contributed by atoms with Crippen molar-refractivity contribution >= 4 is 22.0 Å². The maximum Gasteiger partial charge on any atom is 1.00 e. The van der Waals surface area contributed by atoms with E-state index in [1.54, 1.807) is 18.2 Å². The van der Waals surface area contributed by atoms with E-state index in [2.05, 4.69) is 4.99 Å². The molecule has 0 saturated heterocycles. The van der Waals surface area contributed by atoms with Crippen LogP contribution in [0.3, 0.4) is 0 Å². The zero-order chi connectivity index (χ0) is 13.9.